The summed E-state index contributed by atoms with van der Waals surface area (Å²) in [6.45, 7) is 4.36. The number of hydrogen-bond acceptors (Lipinski definition) is 3. The van der Waals surface area contributed by atoms with Crippen LogP contribution in [0, 0.1) is 0 Å². The number of aryl methyl sites for hydroxylation is 1. The molecule has 5 nitrogen and oxygen atoms in total. The molecule has 94 valence electrons. The molecule has 5 heteroatoms. The van der Waals surface area contributed by atoms with Crippen molar-refractivity contribution in [3.05, 3.63) is 28.7 Å². The molecule has 2 N–H and O–H groups in total. The lowest BCUT2D eigenvalue weighted by atomic mass is 10.2. The summed E-state index contributed by atoms with van der Waals surface area (Å²) in [6, 6.07) is 3.35. The Morgan fingerprint density at radius 2 is 2.18 bits per heavy atom. The SMILES string of the molecule is CCC(C)NCC(=O)Nc1ccc(=O)n(C)c1. The third-order valence-corrected chi connectivity index (χ3v) is 2.59. The predicted octanol–water partition coefficient (Wildman–Crippen LogP) is 0.712. The second kappa shape index (κ2) is 6.20. The van der Waals surface area contributed by atoms with Gasteiger partial charge >= 0.3 is 0 Å². The molecule has 0 saturated heterocycles. The van der Waals surface area contributed by atoms with Crippen LogP contribution in [0.5, 0.6) is 0 Å². The van der Waals surface area contributed by atoms with Crippen LogP contribution in [0.25, 0.3) is 0 Å². The maximum Gasteiger partial charge on any atom is 0.250 e. The van der Waals surface area contributed by atoms with Crippen LogP contribution in [0.15, 0.2) is 23.1 Å². The summed E-state index contributed by atoms with van der Waals surface area (Å²) in [7, 11) is 1.65. The third-order valence-electron chi connectivity index (χ3n) is 2.59. The lowest BCUT2D eigenvalue weighted by Gasteiger charge is -2.11. The molecule has 0 aliphatic carbocycles. The maximum atomic E-state index is 11.6. The van der Waals surface area contributed by atoms with E-state index in [1.807, 2.05) is 6.92 Å². The Morgan fingerprint density at radius 1 is 1.47 bits per heavy atom. The van der Waals surface area contributed by atoms with E-state index in [-0.39, 0.29) is 18.0 Å². The van der Waals surface area contributed by atoms with Gasteiger partial charge in [-0.1, -0.05) is 6.92 Å². The largest absolute Gasteiger partial charge is 0.324 e. The molecule has 1 amide bonds. The fourth-order valence-corrected chi connectivity index (χ4v) is 1.28. The van der Waals surface area contributed by atoms with Gasteiger partial charge in [0.15, 0.2) is 0 Å². The Bertz CT molecular complexity index is 440. The Labute approximate surface area is 101 Å². The number of rotatable bonds is 5. The number of nitrogens with zero attached hydrogens (tertiary/aromatic N) is 1. The van der Waals surface area contributed by atoms with Gasteiger partial charge in [0.1, 0.15) is 0 Å². The van der Waals surface area contributed by atoms with E-state index in [9.17, 15) is 9.59 Å². The number of amides is 1. The second-order valence-corrected chi connectivity index (χ2v) is 4.11. The highest BCUT2D eigenvalue weighted by atomic mass is 16.2. The van der Waals surface area contributed by atoms with Gasteiger partial charge in [-0.2, -0.15) is 0 Å². The van der Waals surface area contributed by atoms with Crippen molar-refractivity contribution >= 4 is 11.6 Å². The molecule has 0 radical (unpaired) electrons. The van der Waals surface area contributed by atoms with Crippen molar-refractivity contribution < 1.29 is 4.79 Å². The van der Waals surface area contributed by atoms with Crippen LogP contribution in [0.2, 0.25) is 0 Å². The first-order chi connectivity index (χ1) is 8.02. The van der Waals surface area contributed by atoms with Crippen molar-refractivity contribution in [2.75, 3.05) is 11.9 Å². The first-order valence-corrected chi connectivity index (χ1v) is 5.73. The maximum absolute atomic E-state index is 11.6. The van der Waals surface area contributed by atoms with Crippen molar-refractivity contribution in [2.45, 2.75) is 26.3 Å². The molecule has 1 atom stereocenters. The van der Waals surface area contributed by atoms with E-state index in [4.69, 9.17) is 0 Å². The number of aromatic nitrogens is 1. The molecule has 1 aromatic rings. The standard InChI is InChI=1S/C12H19N3O2/c1-4-9(2)13-7-11(16)14-10-5-6-12(17)15(3)8-10/h5-6,8-9,13H,4,7H2,1-3H3,(H,14,16). The van der Waals surface area contributed by atoms with Crippen molar-refractivity contribution in [2.24, 2.45) is 7.05 Å². The van der Waals surface area contributed by atoms with Crippen molar-refractivity contribution in [1.82, 2.24) is 9.88 Å². The fourth-order valence-electron chi connectivity index (χ4n) is 1.28. The summed E-state index contributed by atoms with van der Waals surface area (Å²) in [5, 5.41) is 5.83. The van der Waals surface area contributed by atoms with Crippen molar-refractivity contribution in [3.8, 4) is 0 Å². The molecule has 0 bridgehead atoms. The molecule has 0 fully saturated rings. The first-order valence-electron chi connectivity index (χ1n) is 5.73. The molecule has 0 saturated carbocycles. The van der Waals surface area contributed by atoms with E-state index in [1.54, 1.807) is 19.3 Å². The minimum absolute atomic E-state index is 0.0965. The summed E-state index contributed by atoms with van der Waals surface area (Å²) in [5.41, 5.74) is 0.531. The number of nitrogens with one attached hydrogen (secondary N) is 2. The molecule has 0 aromatic carbocycles. The smallest absolute Gasteiger partial charge is 0.250 e. The lowest BCUT2D eigenvalue weighted by Crippen LogP contribution is -2.34. The highest BCUT2D eigenvalue weighted by Gasteiger charge is 2.04. The van der Waals surface area contributed by atoms with Crippen molar-refractivity contribution in [3.63, 3.8) is 0 Å². The van der Waals surface area contributed by atoms with Crippen LogP contribution in [0.3, 0.4) is 0 Å². The molecule has 1 rings (SSSR count). The summed E-state index contributed by atoms with van der Waals surface area (Å²) < 4.78 is 1.43. The molecule has 0 aliphatic rings. The number of hydrogen-bond donors (Lipinski definition) is 2. The molecule has 1 unspecified atom stereocenters. The Hall–Kier alpha value is -1.62. The third kappa shape index (κ3) is 4.40. The van der Waals surface area contributed by atoms with Gasteiger partial charge in [-0.25, -0.2) is 0 Å². The van der Waals surface area contributed by atoms with Gasteiger partial charge in [0.25, 0.3) is 0 Å². The van der Waals surface area contributed by atoms with Gasteiger partial charge in [-0.15, -0.1) is 0 Å². The average Bonchev–Trinajstić information content (AvgIpc) is 2.31. The Balaban J connectivity index is 2.50. The van der Waals surface area contributed by atoms with Crippen LogP contribution >= 0.6 is 0 Å². The highest BCUT2D eigenvalue weighted by molar-refractivity contribution is 5.92. The normalized spacial score (nSPS) is 12.2. The summed E-state index contributed by atoms with van der Waals surface area (Å²) in [5.74, 6) is -0.107. The van der Waals surface area contributed by atoms with E-state index in [0.29, 0.717) is 11.7 Å². The zero-order valence-electron chi connectivity index (χ0n) is 10.5. The molecular formula is C12H19N3O2. The van der Waals surface area contributed by atoms with E-state index in [0.717, 1.165) is 6.42 Å². The summed E-state index contributed by atoms with van der Waals surface area (Å²) >= 11 is 0. The quantitative estimate of drug-likeness (QED) is 0.793. The Kier molecular flexibility index (Phi) is 4.90. The zero-order chi connectivity index (χ0) is 12.8. The van der Waals surface area contributed by atoms with E-state index in [1.165, 1.54) is 10.6 Å². The van der Waals surface area contributed by atoms with Crippen LogP contribution in [0.1, 0.15) is 20.3 Å². The van der Waals surface area contributed by atoms with Gasteiger partial charge in [0.05, 0.1) is 12.2 Å². The number of pyridine rings is 1. The summed E-state index contributed by atoms with van der Waals surface area (Å²) in [6.07, 6.45) is 2.58. The molecule has 0 spiro atoms. The van der Waals surface area contributed by atoms with E-state index < -0.39 is 0 Å². The molecule has 1 heterocycles. The Morgan fingerprint density at radius 3 is 2.76 bits per heavy atom. The van der Waals surface area contributed by atoms with E-state index >= 15 is 0 Å². The topological polar surface area (TPSA) is 63.1 Å². The molecule has 1 aromatic heterocycles. The van der Waals surface area contributed by atoms with Gasteiger partial charge in [-0.05, 0) is 19.4 Å². The number of carbonyl (C=O) groups is 1. The van der Waals surface area contributed by atoms with Crippen molar-refractivity contribution in [1.29, 1.82) is 0 Å². The van der Waals surface area contributed by atoms with E-state index in [2.05, 4.69) is 17.6 Å². The number of carbonyl (C=O) groups excluding carboxylic acids is 1. The van der Waals surface area contributed by atoms with Crippen LogP contribution in [-0.2, 0) is 11.8 Å². The minimum Gasteiger partial charge on any atom is -0.324 e. The lowest BCUT2D eigenvalue weighted by molar-refractivity contribution is -0.115. The second-order valence-electron chi connectivity index (χ2n) is 4.11. The predicted molar refractivity (Wildman–Crippen MR) is 68.1 cm³/mol. The van der Waals surface area contributed by atoms with Gasteiger partial charge in [-0.3, -0.25) is 9.59 Å². The average molecular weight is 237 g/mol. The highest BCUT2D eigenvalue weighted by Crippen LogP contribution is 2.01. The van der Waals surface area contributed by atoms with Gasteiger partial charge in [0.2, 0.25) is 11.5 Å². The fraction of sp³-hybridized carbons (Fsp3) is 0.500. The molecular weight excluding hydrogens is 218 g/mol. The van der Waals surface area contributed by atoms with Gasteiger partial charge < -0.3 is 15.2 Å². The number of anilines is 1. The van der Waals surface area contributed by atoms with Gasteiger partial charge in [0, 0.05) is 25.4 Å². The molecule has 0 aliphatic heterocycles. The van der Waals surface area contributed by atoms with Crippen LogP contribution < -0.4 is 16.2 Å². The van der Waals surface area contributed by atoms with Crippen LogP contribution in [-0.4, -0.2) is 23.1 Å². The van der Waals surface area contributed by atoms with Crippen LogP contribution in [0.4, 0.5) is 5.69 Å². The first kappa shape index (κ1) is 13.4. The summed E-state index contributed by atoms with van der Waals surface area (Å²) in [4.78, 5) is 22.7. The minimum atomic E-state index is -0.107. The zero-order valence-corrected chi connectivity index (χ0v) is 10.5. The molecule has 17 heavy (non-hydrogen) atoms. The monoisotopic (exact) mass is 237 g/mol.